The highest BCUT2D eigenvalue weighted by molar-refractivity contribution is 7.89. The normalized spacial score (nSPS) is 21.8. The van der Waals surface area contributed by atoms with Crippen LogP contribution in [-0.2, 0) is 14.8 Å². The Kier molecular flexibility index (Phi) is 6.10. The number of halogens is 3. The van der Waals surface area contributed by atoms with Crippen LogP contribution in [0.1, 0.15) is 43.0 Å². The van der Waals surface area contributed by atoms with Crippen LogP contribution in [0.4, 0.5) is 13.2 Å². The summed E-state index contributed by atoms with van der Waals surface area (Å²) in [5.74, 6) is -1.91. The number of ether oxygens (including phenoxy) is 1. The Morgan fingerprint density at radius 1 is 1.16 bits per heavy atom. The molecule has 0 bridgehead atoms. The van der Waals surface area contributed by atoms with Crippen LogP contribution in [0.5, 0.6) is 0 Å². The molecule has 5 nitrogen and oxygen atoms in total. The minimum Gasteiger partial charge on any atom is -0.462 e. The van der Waals surface area contributed by atoms with Crippen LogP contribution in [0, 0.1) is 5.92 Å². The van der Waals surface area contributed by atoms with Crippen molar-refractivity contribution >= 4 is 16.0 Å². The lowest BCUT2D eigenvalue weighted by atomic mass is 9.86. The van der Waals surface area contributed by atoms with Crippen LogP contribution in [0.15, 0.2) is 29.2 Å². The summed E-state index contributed by atoms with van der Waals surface area (Å²) in [5, 5.41) is 0. The van der Waals surface area contributed by atoms with E-state index in [4.69, 9.17) is 4.74 Å². The van der Waals surface area contributed by atoms with E-state index in [0.29, 0.717) is 0 Å². The summed E-state index contributed by atoms with van der Waals surface area (Å²) in [5.41, 5.74) is 0.228. The predicted octanol–water partition coefficient (Wildman–Crippen LogP) is 3.26. The van der Waals surface area contributed by atoms with Gasteiger partial charge < -0.3 is 4.74 Å². The van der Waals surface area contributed by atoms with Crippen molar-refractivity contribution in [3.8, 4) is 0 Å². The minimum atomic E-state index is -4.23. The highest BCUT2D eigenvalue weighted by Crippen LogP contribution is 2.37. The van der Waals surface area contributed by atoms with Gasteiger partial charge in [0.15, 0.2) is 0 Å². The Morgan fingerprint density at radius 2 is 1.72 bits per heavy atom. The van der Waals surface area contributed by atoms with Crippen molar-refractivity contribution in [1.29, 1.82) is 0 Å². The maximum Gasteiger partial charge on any atom is 0.391 e. The van der Waals surface area contributed by atoms with Gasteiger partial charge in [0.05, 0.1) is 23.0 Å². The van der Waals surface area contributed by atoms with Crippen molar-refractivity contribution < 1.29 is 31.1 Å². The summed E-state index contributed by atoms with van der Waals surface area (Å²) in [6.45, 7) is 1.87. The van der Waals surface area contributed by atoms with Gasteiger partial charge >= 0.3 is 12.1 Å². The first-order valence-electron chi connectivity index (χ1n) is 7.99. The number of rotatable bonds is 5. The first-order valence-corrected chi connectivity index (χ1v) is 9.48. The third kappa shape index (κ3) is 5.18. The average Bonchev–Trinajstić information content (AvgIpc) is 2.54. The minimum absolute atomic E-state index is 0.0431. The molecule has 2 rings (SSSR count). The fraction of sp³-hybridized carbons (Fsp3) is 0.562. The zero-order chi connectivity index (χ0) is 18.7. The lowest BCUT2D eigenvalue weighted by Crippen LogP contribution is -2.39. The third-order valence-electron chi connectivity index (χ3n) is 4.19. The van der Waals surface area contributed by atoms with Gasteiger partial charge in [-0.15, -0.1) is 0 Å². The first-order chi connectivity index (χ1) is 11.6. The third-order valence-corrected chi connectivity index (χ3v) is 5.72. The van der Waals surface area contributed by atoms with Gasteiger partial charge in [0.2, 0.25) is 10.0 Å². The van der Waals surface area contributed by atoms with Crippen molar-refractivity contribution in [3.05, 3.63) is 29.8 Å². The van der Waals surface area contributed by atoms with E-state index in [1.165, 1.54) is 24.3 Å². The van der Waals surface area contributed by atoms with Crippen LogP contribution in [0.3, 0.4) is 0 Å². The summed E-state index contributed by atoms with van der Waals surface area (Å²) >= 11 is 0. The average molecular weight is 379 g/mol. The molecule has 1 saturated carbocycles. The summed E-state index contributed by atoms with van der Waals surface area (Å²) < 4.78 is 69.9. The molecule has 0 unspecified atom stereocenters. The van der Waals surface area contributed by atoms with Gasteiger partial charge in [-0.3, -0.25) is 0 Å². The monoisotopic (exact) mass is 379 g/mol. The number of sulfonamides is 1. The van der Waals surface area contributed by atoms with Crippen molar-refractivity contribution in [2.45, 2.75) is 49.7 Å². The Morgan fingerprint density at radius 3 is 2.20 bits per heavy atom. The maximum absolute atomic E-state index is 12.7. The van der Waals surface area contributed by atoms with Crippen LogP contribution >= 0.6 is 0 Å². The second kappa shape index (κ2) is 7.74. The fourth-order valence-electron chi connectivity index (χ4n) is 2.81. The summed E-state index contributed by atoms with van der Waals surface area (Å²) in [6, 6.07) is 4.71. The van der Waals surface area contributed by atoms with Crippen LogP contribution in [0.2, 0.25) is 0 Å². The zero-order valence-corrected chi connectivity index (χ0v) is 14.5. The fourth-order valence-corrected chi connectivity index (χ4v) is 4.12. The smallest absolute Gasteiger partial charge is 0.391 e. The van der Waals surface area contributed by atoms with E-state index in [-0.39, 0.29) is 42.7 Å². The molecule has 0 atom stereocenters. The van der Waals surface area contributed by atoms with Crippen molar-refractivity contribution in [2.75, 3.05) is 6.61 Å². The topological polar surface area (TPSA) is 72.5 Å². The van der Waals surface area contributed by atoms with Crippen LogP contribution < -0.4 is 4.72 Å². The van der Waals surface area contributed by atoms with E-state index < -0.39 is 34.1 Å². The molecule has 0 radical (unpaired) electrons. The van der Waals surface area contributed by atoms with E-state index >= 15 is 0 Å². The van der Waals surface area contributed by atoms with Gasteiger partial charge in [-0.05, 0) is 56.9 Å². The van der Waals surface area contributed by atoms with Crippen LogP contribution in [0.25, 0.3) is 0 Å². The number of benzene rings is 1. The molecule has 1 N–H and O–H groups in total. The maximum atomic E-state index is 12.7. The summed E-state index contributed by atoms with van der Waals surface area (Å²) in [4.78, 5) is 11.5. The highest BCUT2D eigenvalue weighted by atomic mass is 32.2. The Labute approximate surface area is 144 Å². The van der Waals surface area contributed by atoms with Crippen molar-refractivity contribution in [1.82, 2.24) is 4.72 Å². The molecule has 1 fully saturated rings. The van der Waals surface area contributed by atoms with Gasteiger partial charge in [0.1, 0.15) is 0 Å². The van der Waals surface area contributed by atoms with Crippen LogP contribution in [-0.4, -0.2) is 33.2 Å². The molecule has 0 aliphatic heterocycles. The standard InChI is InChI=1S/C16H20F3NO4S/c1-2-24-15(21)11-3-9-14(10-4-11)25(22,23)20-13-7-5-12(6-8-13)16(17,18)19/h3-4,9-10,12-13,20H,2,5-8H2,1H3. The van der Waals surface area contributed by atoms with Gasteiger partial charge in [-0.2, -0.15) is 13.2 Å². The number of carbonyl (C=O) groups is 1. The number of alkyl halides is 3. The van der Waals surface area contributed by atoms with E-state index in [2.05, 4.69) is 4.72 Å². The van der Waals surface area contributed by atoms with E-state index in [9.17, 15) is 26.4 Å². The van der Waals surface area contributed by atoms with E-state index in [1.54, 1.807) is 6.92 Å². The van der Waals surface area contributed by atoms with Gasteiger partial charge in [0, 0.05) is 6.04 Å². The number of nitrogens with one attached hydrogen (secondary N) is 1. The van der Waals surface area contributed by atoms with Gasteiger partial charge in [0.25, 0.3) is 0 Å². The molecule has 0 heterocycles. The SMILES string of the molecule is CCOC(=O)c1ccc(S(=O)(=O)NC2CCC(C(F)(F)F)CC2)cc1. The van der Waals surface area contributed by atoms with E-state index in [0.717, 1.165) is 0 Å². The molecular weight excluding hydrogens is 359 g/mol. The number of hydrogen-bond donors (Lipinski definition) is 1. The largest absolute Gasteiger partial charge is 0.462 e. The summed E-state index contributed by atoms with van der Waals surface area (Å²) in [7, 11) is -3.85. The molecule has 9 heteroatoms. The molecule has 1 aromatic carbocycles. The number of esters is 1. The number of hydrogen-bond acceptors (Lipinski definition) is 4. The van der Waals surface area contributed by atoms with Crippen molar-refractivity contribution in [3.63, 3.8) is 0 Å². The molecule has 0 saturated heterocycles. The quantitative estimate of drug-likeness (QED) is 0.797. The molecule has 0 spiro atoms. The number of carbonyl (C=O) groups excluding carboxylic acids is 1. The zero-order valence-electron chi connectivity index (χ0n) is 13.7. The lowest BCUT2D eigenvalue weighted by molar-refractivity contribution is -0.182. The Balaban J connectivity index is 1.99. The van der Waals surface area contributed by atoms with Crippen molar-refractivity contribution in [2.24, 2.45) is 5.92 Å². The summed E-state index contributed by atoms with van der Waals surface area (Å²) in [6.07, 6.45) is -4.11. The van der Waals surface area contributed by atoms with Gasteiger partial charge in [-0.25, -0.2) is 17.9 Å². The molecule has 0 amide bonds. The highest BCUT2D eigenvalue weighted by Gasteiger charge is 2.41. The second-order valence-corrected chi connectivity index (χ2v) is 7.67. The predicted molar refractivity (Wildman–Crippen MR) is 84.5 cm³/mol. The molecule has 0 aromatic heterocycles. The molecule has 1 aliphatic carbocycles. The molecule has 1 aromatic rings. The Hall–Kier alpha value is -1.61. The second-order valence-electron chi connectivity index (χ2n) is 5.96. The lowest BCUT2D eigenvalue weighted by Gasteiger charge is -2.30. The molecular formula is C16H20F3NO4S. The molecule has 25 heavy (non-hydrogen) atoms. The van der Waals surface area contributed by atoms with Gasteiger partial charge in [-0.1, -0.05) is 0 Å². The Bertz CT molecular complexity index is 693. The molecule has 140 valence electrons. The first kappa shape index (κ1) is 19.7. The van der Waals surface area contributed by atoms with E-state index in [1.807, 2.05) is 0 Å². The molecule has 1 aliphatic rings.